The first kappa shape index (κ1) is 35.7. The topological polar surface area (TPSA) is 171 Å². The summed E-state index contributed by atoms with van der Waals surface area (Å²) in [4.78, 5) is 69.6. The summed E-state index contributed by atoms with van der Waals surface area (Å²) in [5, 5.41) is 4.02. The van der Waals surface area contributed by atoms with E-state index in [2.05, 4.69) is 17.2 Å². The molecule has 272 valence electrons. The van der Waals surface area contributed by atoms with Crippen LogP contribution in [0.1, 0.15) is 74.5 Å². The molecule has 0 aromatic heterocycles. The van der Waals surface area contributed by atoms with Crippen molar-refractivity contribution in [3.63, 3.8) is 0 Å². The van der Waals surface area contributed by atoms with E-state index in [4.69, 9.17) is 4.74 Å². The number of halogens is 3. The number of amides is 5. The van der Waals surface area contributed by atoms with Crippen LogP contribution in [0.25, 0.3) is 0 Å². The van der Waals surface area contributed by atoms with E-state index in [1.54, 1.807) is 0 Å². The molecule has 0 radical (unpaired) electrons. The largest absolute Gasteiger partial charge is 0.444 e. The molecule has 1 aromatic rings. The Labute approximate surface area is 287 Å². The van der Waals surface area contributed by atoms with Crippen LogP contribution in [-0.4, -0.2) is 89.6 Å². The van der Waals surface area contributed by atoms with E-state index in [0.29, 0.717) is 38.5 Å². The molecule has 1 aromatic carbocycles. The van der Waals surface area contributed by atoms with Gasteiger partial charge >= 0.3 is 12.3 Å². The average Bonchev–Trinajstić information content (AvgIpc) is 3.93. The third kappa shape index (κ3) is 7.61. The first-order valence-corrected chi connectivity index (χ1v) is 18.4. The zero-order valence-electron chi connectivity index (χ0n) is 27.3. The second-order valence-electron chi connectivity index (χ2n) is 13.8. The average molecular weight is 724 g/mol. The summed E-state index contributed by atoms with van der Waals surface area (Å²) in [6, 6.07) is 2.18. The Morgan fingerprint density at radius 3 is 2.48 bits per heavy atom. The van der Waals surface area contributed by atoms with Gasteiger partial charge in [0.1, 0.15) is 23.7 Å². The number of nitrogens with zero attached hydrogens (tertiary/aromatic N) is 2. The standard InChI is InChI=1S/C33H40F3N5O8S/c1-2-21-14-32(21,30(45)39-50(47,48)23-11-12-23)38-28(43)26-13-22-17-41(26)29(44)25(15-33(34,35)36)37-27(42)10-5-3-4-7-19-8-6-9-20-16-40(18-24(19)20)31(46)49-22/h2,6,8-9,21-23,25-26H,1,3-5,7,10-18H2,(H,37,42)(H,38,43)(H,39,45)/t21-,22+,25-,26-,32+/m0/s1. The Kier molecular flexibility index (Phi) is 9.65. The van der Waals surface area contributed by atoms with Crippen LogP contribution < -0.4 is 15.4 Å². The van der Waals surface area contributed by atoms with Crippen molar-refractivity contribution >= 4 is 39.7 Å². The number of alkyl halides is 3. The zero-order valence-corrected chi connectivity index (χ0v) is 28.1. The van der Waals surface area contributed by atoms with Crippen molar-refractivity contribution in [2.75, 3.05) is 6.54 Å². The van der Waals surface area contributed by atoms with Crippen molar-refractivity contribution in [2.24, 2.45) is 5.92 Å². The maximum Gasteiger partial charge on any atom is 0.410 e. The summed E-state index contributed by atoms with van der Waals surface area (Å²) < 4.78 is 74.1. The van der Waals surface area contributed by atoms with E-state index in [1.807, 2.05) is 22.9 Å². The maximum atomic E-state index is 13.9. The summed E-state index contributed by atoms with van der Waals surface area (Å²) >= 11 is 0. The number of carbonyl (C=O) groups excluding carboxylic acids is 5. The summed E-state index contributed by atoms with van der Waals surface area (Å²) in [5.41, 5.74) is 1.26. The number of sulfonamides is 1. The number of hydrogen-bond acceptors (Lipinski definition) is 8. The predicted octanol–water partition coefficient (Wildman–Crippen LogP) is 2.33. The van der Waals surface area contributed by atoms with Crippen molar-refractivity contribution in [1.29, 1.82) is 0 Å². The molecule has 5 amide bonds. The molecule has 5 aliphatic rings. The van der Waals surface area contributed by atoms with Gasteiger partial charge in [-0.15, -0.1) is 6.58 Å². The van der Waals surface area contributed by atoms with Crippen LogP contribution in [0.2, 0.25) is 0 Å². The molecule has 3 heterocycles. The number of benzene rings is 1. The van der Waals surface area contributed by atoms with Crippen molar-refractivity contribution in [3.8, 4) is 0 Å². The van der Waals surface area contributed by atoms with Gasteiger partial charge in [0.25, 0.3) is 5.91 Å². The maximum absolute atomic E-state index is 13.9. The second kappa shape index (κ2) is 13.5. The molecule has 2 aliphatic carbocycles. The highest BCUT2D eigenvalue weighted by atomic mass is 32.2. The van der Waals surface area contributed by atoms with Gasteiger partial charge in [0, 0.05) is 31.8 Å². The fraction of sp³-hybridized carbons (Fsp3) is 0.606. The molecule has 3 fully saturated rings. The predicted molar refractivity (Wildman–Crippen MR) is 170 cm³/mol. The van der Waals surface area contributed by atoms with Crippen molar-refractivity contribution in [2.45, 2.75) is 112 Å². The Hall–Kier alpha value is -4.15. The molecule has 0 spiro atoms. The Balaban J connectivity index is 1.27. The summed E-state index contributed by atoms with van der Waals surface area (Å²) in [5.74, 6) is -4.58. The molecule has 3 N–H and O–H groups in total. The lowest BCUT2D eigenvalue weighted by molar-refractivity contribution is -0.157. The van der Waals surface area contributed by atoms with Gasteiger partial charge in [-0.05, 0) is 55.2 Å². The number of fused-ring (bicyclic) bond motifs is 3. The molecule has 4 bridgehead atoms. The van der Waals surface area contributed by atoms with Gasteiger partial charge in [-0.3, -0.25) is 28.8 Å². The summed E-state index contributed by atoms with van der Waals surface area (Å²) in [6.07, 6.45) is -4.39. The van der Waals surface area contributed by atoms with Crippen LogP contribution in [0.3, 0.4) is 0 Å². The van der Waals surface area contributed by atoms with Gasteiger partial charge in [0.15, 0.2) is 0 Å². The third-order valence-electron chi connectivity index (χ3n) is 10.1. The molecule has 6 rings (SSSR count). The number of carbonyl (C=O) groups is 5. The minimum absolute atomic E-state index is 0.00238. The van der Waals surface area contributed by atoms with Crippen LogP contribution in [0.4, 0.5) is 18.0 Å². The van der Waals surface area contributed by atoms with Crippen LogP contribution in [-0.2, 0) is 53.4 Å². The van der Waals surface area contributed by atoms with E-state index in [0.717, 1.165) is 21.6 Å². The molecule has 50 heavy (non-hydrogen) atoms. The highest BCUT2D eigenvalue weighted by Gasteiger charge is 2.62. The van der Waals surface area contributed by atoms with Gasteiger partial charge in [-0.1, -0.05) is 30.7 Å². The highest BCUT2D eigenvalue weighted by Crippen LogP contribution is 2.45. The van der Waals surface area contributed by atoms with Crippen LogP contribution in [0.15, 0.2) is 30.9 Å². The monoisotopic (exact) mass is 723 g/mol. The highest BCUT2D eigenvalue weighted by molar-refractivity contribution is 7.91. The van der Waals surface area contributed by atoms with Crippen molar-refractivity contribution < 1.29 is 50.3 Å². The van der Waals surface area contributed by atoms with Crippen LogP contribution in [0.5, 0.6) is 0 Å². The number of ether oxygens (including phenoxy) is 1. The fourth-order valence-corrected chi connectivity index (χ4v) is 8.51. The smallest absolute Gasteiger partial charge is 0.410 e. The Bertz CT molecular complexity index is 1700. The Morgan fingerprint density at radius 1 is 1.08 bits per heavy atom. The number of aryl methyl sites for hydroxylation is 1. The van der Waals surface area contributed by atoms with Crippen LogP contribution >= 0.6 is 0 Å². The molecule has 0 unspecified atom stereocenters. The molecule has 3 aliphatic heterocycles. The molecular weight excluding hydrogens is 683 g/mol. The molecule has 1 saturated heterocycles. The van der Waals surface area contributed by atoms with Gasteiger partial charge in [-0.25, -0.2) is 13.2 Å². The van der Waals surface area contributed by atoms with E-state index in [1.165, 1.54) is 11.0 Å². The molecule has 5 atom stereocenters. The fourth-order valence-electron chi connectivity index (χ4n) is 7.14. The summed E-state index contributed by atoms with van der Waals surface area (Å²) in [6.45, 7) is 3.72. The lowest BCUT2D eigenvalue weighted by Gasteiger charge is -2.30. The minimum Gasteiger partial charge on any atom is -0.444 e. The Morgan fingerprint density at radius 2 is 1.80 bits per heavy atom. The molecule has 17 heteroatoms. The second-order valence-corrected chi connectivity index (χ2v) is 15.8. The first-order valence-electron chi connectivity index (χ1n) is 16.8. The van der Waals surface area contributed by atoms with Gasteiger partial charge < -0.3 is 20.3 Å². The number of hydrogen-bond donors (Lipinski definition) is 3. The molecule has 13 nitrogen and oxygen atoms in total. The lowest BCUT2D eigenvalue weighted by atomic mass is 9.98. The lowest BCUT2D eigenvalue weighted by Crippen LogP contribution is -2.58. The molecular formula is C33H40F3N5O8S. The third-order valence-corrected chi connectivity index (χ3v) is 11.9. The first-order chi connectivity index (χ1) is 23.6. The number of rotatable bonds is 7. The van der Waals surface area contributed by atoms with E-state index in [-0.39, 0.29) is 32.4 Å². The zero-order chi connectivity index (χ0) is 36.0. The normalized spacial score (nSPS) is 29.0. The minimum atomic E-state index is -4.87. The van der Waals surface area contributed by atoms with Crippen molar-refractivity contribution in [1.82, 2.24) is 25.2 Å². The van der Waals surface area contributed by atoms with E-state index >= 15 is 0 Å². The quantitative estimate of drug-likeness (QED) is 0.360. The summed E-state index contributed by atoms with van der Waals surface area (Å²) in [7, 11) is -3.99. The van der Waals surface area contributed by atoms with E-state index in [9.17, 15) is 45.6 Å². The van der Waals surface area contributed by atoms with E-state index < -0.39 is 93.8 Å². The van der Waals surface area contributed by atoms with Gasteiger partial charge in [0.05, 0.1) is 18.2 Å². The number of nitrogens with one attached hydrogen (secondary N) is 3. The van der Waals surface area contributed by atoms with Crippen LogP contribution in [0, 0.1) is 5.92 Å². The SMILES string of the molecule is C=C[C@H]1C[C@]1(NC(=O)[C@@H]1C[C@@H]2CN1C(=O)[C@H](CC(F)(F)F)NC(=O)CCCCCc1cccc3c1CN(C3)C(=O)O2)C(=O)NS(=O)(=O)C1CC1. The van der Waals surface area contributed by atoms with Gasteiger partial charge in [-0.2, -0.15) is 13.2 Å². The van der Waals surface area contributed by atoms with Crippen molar-refractivity contribution in [3.05, 3.63) is 47.5 Å². The molecule has 2 saturated carbocycles. The van der Waals surface area contributed by atoms with Gasteiger partial charge in [0.2, 0.25) is 27.7 Å².